The van der Waals surface area contributed by atoms with Crippen LogP contribution in [0.25, 0.3) is 11.4 Å². The number of methoxy groups -OCH3 is 1. The quantitative estimate of drug-likeness (QED) is 0.631. The molecule has 0 bridgehead atoms. The van der Waals surface area contributed by atoms with E-state index in [0.29, 0.717) is 0 Å². The third kappa shape index (κ3) is 4.05. The summed E-state index contributed by atoms with van der Waals surface area (Å²) in [5.74, 6) is -1.52. The van der Waals surface area contributed by atoms with E-state index < -0.39 is 23.2 Å². The molecule has 146 valence electrons. The monoisotopic (exact) mass is 431 g/mol. The third-order valence-electron chi connectivity index (χ3n) is 3.48. The zero-order chi connectivity index (χ0) is 20.5. The summed E-state index contributed by atoms with van der Waals surface area (Å²) in [6, 6.07) is 6.64. The molecule has 0 unspecified atom stereocenters. The van der Waals surface area contributed by atoms with Crippen LogP contribution in [-0.2, 0) is 6.18 Å². The molecule has 0 saturated heterocycles. The molecule has 0 fully saturated rings. The average molecular weight is 432 g/mol. The van der Waals surface area contributed by atoms with Crippen LogP contribution in [0, 0.1) is 0 Å². The Balaban J connectivity index is 2.16. The topological polar surface area (TPSA) is 77.1 Å². The van der Waals surface area contributed by atoms with Crippen molar-refractivity contribution in [3.63, 3.8) is 0 Å². The molecule has 0 aliphatic heterocycles. The number of pyridine rings is 1. The highest BCUT2D eigenvalue weighted by Gasteiger charge is 2.39. The van der Waals surface area contributed by atoms with Crippen LogP contribution in [0.15, 0.2) is 41.3 Å². The number of nitrogens with one attached hydrogen (secondary N) is 1. The molecule has 0 radical (unpaired) electrons. The highest BCUT2D eigenvalue weighted by atomic mass is 35.5. The van der Waals surface area contributed by atoms with Gasteiger partial charge in [0.2, 0.25) is 11.6 Å². The van der Waals surface area contributed by atoms with Gasteiger partial charge in [-0.25, -0.2) is 9.97 Å². The van der Waals surface area contributed by atoms with Gasteiger partial charge in [-0.2, -0.15) is 13.2 Å². The Bertz CT molecular complexity index is 1090. The third-order valence-corrected chi connectivity index (χ3v) is 4.21. The summed E-state index contributed by atoms with van der Waals surface area (Å²) in [6.07, 6.45) is -3.59. The van der Waals surface area contributed by atoms with Crippen molar-refractivity contribution in [2.24, 2.45) is 0 Å². The zero-order valence-corrected chi connectivity index (χ0v) is 15.5. The largest absolute Gasteiger partial charge is 0.480 e. The Morgan fingerprint density at radius 1 is 1.14 bits per heavy atom. The molecule has 0 saturated carbocycles. The maximum Gasteiger partial charge on any atom is 0.437 e. The Labute approximate surface area is 165 Å². The number of hydrogen-bond donors (Lipinski definition) is 1. The van der Waals surface area contributed by atoms with Crippen molar-refractivity contribution in [1.82, 2.24) is 15.0 Å². The van der Waals surface area contributed by atoms with E-state index in [1.807, 2.05) is 0 Å². The molecule has 1 aromatic carbocycles. The number of rotatable bonds is 4. The molecule has 0 aliphatic rings. The van der Waals surface area contributed by atoms with E-state index in [0.717, 1.165) is 0 Å². The van der Waals surface area contributed by atoms with Gasteiger partial charge in [0, 0.05) is 12.3 Å². The minimum absolute atomic E-state index is 0.00285. The van der Waals surface area contributed by atoms with Crippen molar-refractivity contribution in [1.29, 1.82) is 0 Å². The molecule has 28 heavy (non-hydrogen) atoms. The summed E-state index contributed by atoms with van der Waals surface area (Å²) in [4.78, 5) is 22.1. The van der Waals surface area contributed by atoms with Gasteiger partial charge in [-0.3, -0.25) is 4.79 Å². The lowest BCUT2D eigenvalue weighted by Crippen LogP contribution is -2.21. The smallest absolute Gasteiger partial charge is 0.437 e. The molecular formula is C17H10Cl2F3N3O3. The van der Waals surface area contributed by atoms with Crippen LogP contribution >= 0.6 is 23.2 Å². The van der Waals surface area contributed by atoms with Crippen LogP contribution in [0.2, 0.25) is 10.0 Å². The first-order valence-electron chi connectivity index (χ1n) is 7.54. The van der Waals surface area contributed by atoms with Crippen molar-refractivity contribution < 1.29 is 22.6 Å². The molecule has 0 aliphatic carbocycles. The number of aromatic nitrogens is 3. The molecule has 3 rings (SSSR count). The van der Waals surface area contributed by atoms with Crippen molar-refractivity contribution in [2.45, 2.75) is 6.18 Å². The standard InChI is InChI=1S/C17H10Cl2F3N3O3/c1-27-16-9(3-2-6-23-16)14-24-13(17(20,21)22)12(15(26)25-14)28-8-4-5-10(18)11(19)7-8/h2-7H,1H3,(H,24,25,26). The number of nitrogens with zero attached hydrogens (tertiary/aromatic N) is 2. The first-order valence-corrected chi connectivity index (χ1v) is 8.30. The summed E-state index contributed by atoms with van der Waals surface area (Å²) < 4.78 is 50.8. The SMILES string of the molecule is COc1ncccc1-c1nc(C(F)(F)F)c(Oc2ccc(Cl)c(Cl)c2)c(=O)[nH]1. The lowest BCUT2D eigenvalue weighted by atomic mass is 10.2. The Morgan fingerprint density at radius 2 is 1.89 bits per heavy atom. The number of benzene rings is 1. The van der Waals surface area contributed by atoms with E-state index in [9.17, 15) is 18.0 Å². The molecule has 0 spiro atoms. The summed E-state index contributed by atoms with van der Waals surface area (Å²) in [7, 11) is 1.29. The Morgan fingerprint density at radius 3 is 2.54 bits per heavy atom. The normalized spacial score (nSPS) is 11.4. The van der Waals surface area contributed by atoms with Gasteiger partial charge in [0.1, 0.15) is 11.6 Å². The van der Waals surface area contributed by atoms with Gasteiger partial charge in [-0.15, -0.1) is 0 Å². The number of hydrogen-bond acceptors (Lipinski definition) is 5. The molecule has 1 N–H and O–H groups in total. The predicted molar refractivity (Wildman–Crippen MR) is 96.2 cm³/mol. The molecule has 11 heteroatoms. The van der Waals surface area contributed by atoms with Gasteiger partial charge in [-0.05, 0) is 24.3 Å². The number of ether oxygens (including phenoxy) is 2. The summed E-state index contributed by atoms with van der Waals surface area (Å²) in [6.45, 7) is 0. The number of H-pyrrole nitrogens is 1. The lowest BCUT2D eigenvalue weighted by molar-refractivity contribution is -0.142. The van der Waals surface area contributed by atoms with E-state index in [4.69, 9.17) is 32.7 Å². The van der Waals surface area contributed by atoms with E-state index in [1.54, 1.807) is 0 Å². The molecule has 0 amide bonds. The van der Waals surface area contributed by atoms with Crippen LogP contribution in [0.3, 0.4) is 0 Å². The lowest BCUT2D eigenvalue weighted by Gasteiger charge is -2.14. The molecule has 2 aromatic heterocycles. The fourth-order valence-corrected chi connectivity index (χ4v) is 2.56. The van der Waals surface area contributed by atoms with Gasteiger partial charge < -0.3 is 14.5 Å². The van der Waals surface area contributed by atoms with Gasteiger partial charge in [0.05, 0.1) is 22.7 Å². The Kier molecular flexibility index (Phi) is 5.48. The average Bonchev–Trinajstić information content (AvgIpc) is 2.65. The van der Waals surface area contributed by atoms with Gasteiger partial charge in [0.15, 0.2) is 5.69 Å². The van der Waals surface area contributed by atoms with Gasteiger partial charge in [-0.1, -0.05) is 23.2 Å². The van der Waals surface area contributed by atoms with Crippen molar-refractivity contribution in [3.8, 4) is 28.8 Å². The van der Waals surface area contributed by atoms with Gasteiger partial charge >= 0.3 is 6.18 Å². The molecule has 6 nitrogen and oxygen atoms in total. The van der Waals surface area contributed by atoms with E-state index >= 15 is 0 Å². The Hall–Kier alpha value is -2.78. The summed E-state index contributed by atoms with van der Waals surface area (Å²) in [5, 5.41) is 0.227. The molecule has 2 heterocycles. The highest BCUT2D eigenvalue weighted by Crippen LogP contribution is 2.37. The second kappa shape index (κ2) is 7.69. The second-order valence-electron chi connectivity index (χ2n) is 5.33. The molecule has 3 aromatic rings. The van der Waals surface area contributed by atoms with Crippen LogP contribution < -0.4 is 15.0 Å². The maximum atomic E-state index is 13.6. The first-order chi connectivity index (χ1) is 13.2. The van der Waals surface area contributed by atoms with Gasteiger partial charge in [0.25, 0.3) is 5.56 Å². The van der Waals surface area contributed by atoms with Crippen molar-refractivity contribution >= 4 is 23.2 Å². The van der Waals surface area contributed by atoms with Crippen LogP contribution in [0.4, 0.5) is 13.2 Å². The minimum atomic E-state index is -4.97. The molecule has 0 atom stereocenters. The van der Waals surface area contributed by atoms with Crippen LogP contribution in [0.1, 0.15) is 5.69 Å². The molecular weight excluding hydrogens is 422 g/mol. The summed E-state index contributed by atoms with van der Waals surface area (Å²) >= 11 is 11.6. The number of halogens is 5. The first kappa shape index (κ1) is 20.0. The second-order valence-corrected chi connectivity index (χ2v) is 6.14. The van der Waals surface area contributed by atoms with Crippen molar-refractivity contribution in [2.75, 3.05) is 7.11 Å². The number of alkyl halides is 3. The minimum Gasteiger partial charge on any atom is -0.480 e. The van der Waals surface area contributed by atoms with Crippen LogP contribution in [-0.4, -0.2) is 22.1 Å². The van der Waals surface area contributed by atoms with E-state index in [2.05, 4.69) is 15.0 Å². The fourth-order valence-electron chi connectivity index (χ4n) is 2.27. The summed E-state index contributed by atoms with van der Waals surface area (Å²) in [5.41, 5.74) is -2.58. The fraction of sp³-hybridized carbons (Fsp3) is 0.118. The zero-order valence-electron chi connectivity index (χ0n) is 14.0. The van der Waals surface area contributed by atoms with E-state index in [-0.39, 0.29) is 33.1 Å². The van der Waals surface area contributed by atoms with Crippen LogP contribution in [0.5, 0.6) is 17.4 Å². The number of aromatic amines is 1. The predicted octanol–water partition coefficient (Wildman–Crippen LogP) is 4.96. The van der Waals surface area contributed by atoms with Crippen molar-refractivity contribution in [3.05, 3.63) is 62.6 Å². The highest BCUT2D eigenvalue weighted by molar-refractivity contribution is 6.42. The maximum absolute atomic E-state index is 13.6. The van der Waals surface area contributed by atoms with E-state index in [1.165, 1.54) is 43.6 Å².